The topological polar surface area (TPSA) is 89.1 Å². The fourth-order valence-corrected chi connectivity index (χ4v) is 2.28. The Bertz CT molecular complexity index is 746. The fraction of sp³-hybridized carbons (Fsp3) is 0. The number of fused-ring (bicyclic) bond motifs is 1. The molecule has 2 heterocycles. The van der Waals surface area contributed by atoms with Crippen molar-refractivity contribution in [3.63, 3.8) is 0 Å². The molecule has 0 spiro atoms. The zero-order valence-corrected chi connectivity index (χ0v) is 10.0. The van der Waals surface area contributed by atoms with Gasteiger partial charge in [0.25, 0.3) is 0 Å². The average molecular weight is 259 g/mol. The van der Waals surface area contributed by atoms with E-state index in [0.29, 0.717) is 5.65 Å². The number of nitrogens with one attached hydrogen (secondary N) is 1. The Hall–Kier alpha value is -2.28. The third-order valence-corrected chi connectivity index (χ3v) is 3.33. The Morgan fingerprint density at radius 1 is 1.28 bits per heavy atom. The molecule has 18 heavy (non-hydrogen) atoms. The molecule has 0 aliphatic heterocycles. The average Bonchev–Trinajstić information content (AvgIpc) is 2.74. The van der Waals surface area contributed by atoms with Gasteiger partial charge in [0, 0.05) is 16.6 Å². The van der Waals surface area contributed by atoms with E-state index in [2.05, 4.69) is 15.2 Å². The predicted molar refractivity (Wildman–Crippen MR) is 68.6 cm³/mol. The summed E-state index contributed by atoms with van der Waals surface area (Å²) in [6, 6.07) is 9.25. The van der Waals surface area contributed by atoms with Crippen LogP contribution in [-0.2, 0) is 0 Å². The molecule has 0 amide bonds. The van der Waals surface area contributed by atoms with Gasteiger partial charge in [-0.15, -0.1) is 0 Å². The molecule has 0 radical (unpaired) electrons. The molecule has 0 bridgehead atoms. The summed E-state index contributed by atoms with van der Waals surface area (Å²) in [5.41, 5.74) is 6.60. The van der Waals surface area contributed by atoms with Gasteiger partial charge in [0.1, 0.15) is 11.4 Å². The first-order valence-corrected chi connectivity index (χ1v) is 6.00. The number of nitrogens with zero attached hydrogens (tertiary/aromatic N) is 3. The summed E-state index contributed by atoms with van der Waals surface area (Å²) in [7, 11) is 0. The van der Waals surface area contributed by atoms with Crippen LogP contribution in [0.1, 0.15) is 0 Å². The lowest BCUT2D eigenvalue weighted by atomic mass is 10.3. The van der Waals surface area contributed by atoms with Gasteiger partial charge in [-0.3, -0.25) is 0 Å². The van der Waals surface area contributed by atoms with Crippen molar-refractivity contribution >= 4 is 23.1 Å². The highest BCUT2D eigenvalue weighted by molar-refractivity contribution is 7.99. The van der Waals surface area contributed by atoms with E-state index < -0.39 is 0 Å². The Morgan fingerprint density at radius 2 is 2.06 bits per heavy atom. The van der Waals surface area contributed by atoms with Crippen molar-refractivity contribution < 1.29 is 0 Å². The first-order valence-electron chi connectivity index (χ1n) is 5.18. The Kier molecular flexibility index (Phi) is 2.52. The largest absolute Gasteiger partial charge is 0.399 e. The van der Waals surface area contributed by atoms with Gasteiger partial charge in [-0.1, -0.05) is 11.8 Å². The zero-order valence-electron chi connectivity index (χ0n) is 9.20. The third-order valence-electron chi connectivity index (χ3n) is 2.39. The normalized spacial score (nSPS) is 10.9. The lowest BCUT2D eigenvalue weighted by molar-refractivity contribution is 0.963. The fourth-order valence-electron chi connectivity index (χ4n) is 1.51. The summed E-state index contributed by atoms with van der Waals surface area (Å²) >= 11 is 1.48. The molecular formula is C11H9N5OS. The van der Waals surface area contributed by atoms with E-state index in [0.717, 1.165) is 15.6 Å². The smallest absolute Gasteiger partial charge is 0.348 e. The van der Waals surface area contributed by atoms with Gasteiger partial charge in [0.15, 0.2) is 5.65 Å². The highest BCUT2D eigenvalue weighted by Gasteiger charge is 2.04. The maximum atomic E-state index is 11.3. The highest BCUT2D eigenvalue weighted by atomic mass is 32.2. The molecule has 2 aromatic heterocycles. The van der Waals surface area contributed by atoms with Crippen LogP contribution in [0.3, 0.4) is 0 Å². The SMILES string of the molecule is Nc1ccc(Sc2cc3n[nH]c(=O)n3cn2)cc1. The number of rotatable bonds is 2. The lowest BCUT2D eigenvalue weighted by Crippen LogP contribution is -2.09. The van der Waals surface area contributed by atoms with E-state index in [9.17, 15) is 4.79 Å². The minimum Gasteiger partial charge on any atom is -0.399 e. The number of nitrogen functional groups attached to an aromatic ring is 1. The van der Waals surface area contributed by atoms with Crippen molar-refractivity contribution in [1.82, 2.24) is 19.6 Å². The van der Waals surface area contributed by atoms with Crippen molar-refractivity contribution in [1.29, 1.82) is 0 Å². The van der Waals surface area contributed by atoms with E-state index >= 15 is 0 Å². The summed E-state index contributed by atoms with van der Waals surface area (Å²) < 4.78 is 1.35. The molecule has 0 aliphatic rings. The highest BCUT2D eigenvalue weighted by Crippen LogP contribution is 2.26. The van der Waals surface area contributed by atoms with Crippen LogP contribution < -0.4 is 11.4 Å². The molecule has 90 valence electrons. The number of aromatic amines is 1. The standard InChI is InChI=1S/C11H9N5OS/c12-7-1-3-8(4-2-7)18-10-5-9-14-15-11(17)16(9)6-13-10/h1-6H,12H2,(H,15,17). The second-order valence-corrected chi connectivity index (χ2v) is 4.75. The van der Waals surface area contributed by atoms with Gasteiger partial charge >= 0.3 is 5.69 Å². The van der Waals surface area contributed by atoms with Crippen molar-refractivity contribution in [3.05, 3.63) is 47.1 Å². The van der Waals surface area contributed by atoms with Crippen LogP contribution >= 0.6 is 11.8 Å². The van der Waals surface area contributed by atoms with E-state index in [1.807, 2.05) is 24.3 Å². The van der Waals surface area contributed by atoms with Crippen LogP contribution in [0.4, 0.5) is 5.69 Å². The van der Waals surface area contributed by atoms with Crippen LogP contribution in [-0.4, -0.2) is 19.6 Å². The second-order valence-electron chi connectivity index (χ2n) is 3.66. The van der Waals surface area contributed by atoms with Gasteiger partial charge in [0.2, 0.25) is 0 Å². The van der Waals surface area contributed by atoms with E-state index in [1.54, 1.807) is 6.07 Å². The predicted octanol–water partition coefficient (Wildman–Crippen LogP) is 1.15. The van der Waals surface area contributed by atoms with Crippen LogP contribution in [0, 0.1) is 0 Å². The summed E-state index contributed by atoms with van der Waals surface area (Å²) in [5, 5.41) is 7.02. The molecule has 0 aliphatic carbocycles. The Labute approximate surface area is 106 Å². The summed E-state index contributed by atoms with van der Waals surface area (Å²) in [6.07, 6.45) is 1.46. The molecule has 6 nitrogen and oxygen atoms in total. The first kappa shape index (κ1) is 10.8. The summed E-state index contributed by atoms with van der Waals surface area (Å²) in [5.74, 6) is 0. The minimum absolute atomic E-state index is 0.290. The molecule has 0 unspecified atom stereocenters. The van der Waals surface area contributed by atoms with E-state index in [4.69, 9.17) is 5.73 Å². The Balaban J connectivity index is 1.95. The molecule has 0 fully saturated rings. The number of benzene rings is 1. The zero-order chi connectivity index (χ0) is 12.5. The monoisotopic (exact) mass is 259 g/mol. The minimum atomic E-state index is -0.290. The molecule has 0 saturated carbocycles. The van der Waals surface area contributed by atoms with Crippen LogP contribution in [0.5, 0.6) is 0 Å². The third kappa shape index (κ3) is 1.95. The molecule has 3 N–H and O–H groups in total. The van der Waals surface area contributed by atoms with Crippen molar-refractivity contribution in [2.24, 2.45) is 0 Å². The van der Waals surface area contributed by atoms with Crippen LogP contribution in [0.25, 0.3) is 5.65 Å². The number of H-pyrrole nitrogens is 1. The molecule has 0 saturated heterocycles. The van der Waals surface area contributed by atoms with Gasteiger partial charge in [-0.25, -0.2) is 19.3 Å². The van der Waals surface area contributed by atoms with Crippen molar-refractivity contribution in [2.75, 3.05) is 5.73 Å². The van der Waals surface area contributed by atoms with Crippen LogP contribution in [0.15, 0.2) is 51.4 Å². The van der Waals surface area contributed by atoms with Crippen LogP contribution in [0.2, 0.25) is 0 Å². The van der Waals surface area contributed by atoms with Crippen molar-refractivity contribution in [2.45, 2.75) is 9.92 Å². The summed E-state index contributed by atoms with van der Waals surface area (Å²) in [4.78, 5) is 16.5. The quantitative estimate of drug-likeness (QED) is 0.532. The Morgan fingerprint density at radius 3 is 2.83 bits per heavy atom. The lowest BCUT2D eigenvalue weighted by Gasteiger charge is -2.01. The maximum Gasteiger partial charge on any atom is 0.348 e. The molecule has 3 rings (SSSR count). The van der Waals surface area contributed by atoms with Gasteiger partial charge in [-0.05, 0) is 24.3 Å². The number of nitrogens with two attached hydrogens (primary N) is 1. The van der Waals surface area contributed by atoms with E-state index in [1.165, 1.54) is 22.5 Å². The first-order chi connectivity index (χ1) is 8.72. The molecule has 3 aromatic rings. The van der Waals surface area contributed by atoms with Gasteiger partial charge in [-0.2, -0.15) is 5.10 Å². The second kappa shape index (κ2) is 4.19. The maximum absolute atomic E-state index is 11.3. The molecular weight excluding hydrogens is 250 g/mol. The molecule has 0 atom stereocenters. The molecule has 1 aromatic carbocycles. The van der Waals surface area contributed by atoms with E-state index in [-0.39, 0.29) is 5.69 Å². The summed E-state index contributed by atoms with van der Waals surface area (Å²) in [6.45, 7) is 0. The number of hydrogen-bond donors (Lipinski definition) is 2. The number of hydrogen-bond acceptors (Lipinski definition) is 5. The van der Waals surface area contributed by atoms with Crippen molar-refractivity contribution in [3.8, 4) is 0 Å². The number of aromatic nitrogens is 4. The van der Waals surface area contributed by atoms with Gasteiger partial charge in [0.05, 0.1) is 0 Å². The molecule has 7 heteroatoms. The number of anilines is 1. The van der Waals surface area contributed by atoms with Gasteiger partial charge < -0.3 is 5.73 Å².